The predicted molar refractivity (Wildman–Crippen MR) is 99.3 cm³/mol. The Kier molecular flexibility index (Phi) is 7.79. The number of halogens is 7. The van der Waals surface area contributed by atoms with Crippen LogP contribution in [0, 0.1) is 22.7 Å². The summed E-state index contributed by atoms with van der Waals surface area (Å²) in [5, 5.41) is 11.4. The van der Waals surface area contributed by atoms with Crippen LogP contribution in [0.2, 0.25) is 0 Å². The van der Waals surface area contributed by atoms with Crippen LogP contribution in [-0.2, 0) is 13.7 Å². The van der Waals surface area contributed by atoms with Crippen LogP contribution >= 0.6 is 10.3 Å². The second kappa shape index (κ2) is 9.09. The van der Waals surface area contributed by atoms with E-state index < -0.39 is 60.5 Å². The molecule has 32 heavy (non-hydrogen) atoms. The van der Waals surface area contributed by atoms with Crippen molar-refractivity contribution in [1.29, 1.82) is 10.5 Å². The Morgan fingerprint density at radius 3 is 1.84 bits per heavy atom. The average Bonchev–Trinajstić information content (AvgIpc) is 2.66. The van der Waals surface area contributed by atoms with E-state index in [1.54, 1.807) is 0 Å². The summed E-state index contributed by atoms with van der Waals surface area (Å²) in [6.07, 6.45) is -5.40. The minimum absolute atomic E-state index is 0.0995. The first-order valence-corrected chi connectivity index (χ1v) is 11.9. The summed E-state index contributed by atoms with van der Waals surface area (Å²) in [6.45, 7) is 0. The summed E-state index contributed by atoms with van der Waals surface area (Å²) in [5.41, 5.74) is -1.65. The van der Waals surface area contributed by atoms with E-state index in [0.29, 0.717) is 0 Å². The third-order valence-corrected chi connectivity index (χ3v) is 7.70. The highest BCUT2D eigenvalue weighted by atomic mass is 32.3. The maximum absolute atomic E-state index is 13.7. The number of alkyl halides is 7. The van der Waals surface area contributed by atoms with Gasteiger partial charge in [0, 0.05) is 16.9 Å². The monoisotopic (exact) mass is 506 g/mol. The van der Waals surface area contributed by atoms with Gasteiger partial charge in [-0.25, -0.2) is 3.63 Å². The van der Waals surface area contributed by atoms with E-state index >= 15 is 0 Å². The molecule has 1 aromatic rings. The molecule has 0 aromatic heterocycles. The number of nitriles is 2. The Morgan fingerprint density at radius 2 is 1.44 bits per heavy atom. The van der Waals surface area contributed by atoms with Crippen molar-refractivity contribution in [3.05, 3.63) is 47.0 Å². The topological polar surface area (TPSA) is 108 Å². The minimum atomic E-state index is -6.99. The summed E-state index contributed by atoms with van der Waals surface area (Å²) in [4.78, 5) is 12.7. The third kappa shape index (κ3) is 5.40. The molecule has 176 valence electrons. The zero-order chi connectivity index (χ0) is 25.2. The highest BCUT2D eigenvalue weighted by Crippen LogP contribution is 2.54. The van der Waals surface area contributed by atoms with E-state index in [2.05, 4.69) is 3.63 Å². The molecule has 0 aliphatic carbocycles. The first kappa shape index (κ1) is 27.4. The second-order valence-corrected chi connectivity index (χ2v) is 11.6. The molecule has 0 spiro atoms. The predicted octanol–water partition coefficient (Wildman–Crippen LogP) is 4.33. The first-order valence-electron chi connectivity index (χ1n) is 7.96. The number of hydrogen-bond acceptors (Lipinski definition) is 6. The van der Waals surface area contributed by atoms with Crippen LogP contribution in [0.25, 0.3) is 0 Å². The van der Waals surface area contributed by atoms with Gasteiger partial charge in [0.25, 0.3) is 0 Å². The van der Waals surface area contributed by atoms with Crippen molar-refractivity contribution >= 4 is 26.2 Å². The molecule has 0 unspecified atom stereocenters. The van der Waals surface area contributed by atoms with Crippen molar-refractivity contribution in [3.8, 4) is 12.1 Å². The quantitative estimate of drug-likeness (QED) is 0.225. The number of benzene rings is 1. The van der Waals surface area contributed by atoms with Gasteiger partial charge in [0.05, 0.1) is 0 Å². The van der Waals surface area contributed by atoms with Crippen molar-refractivity contribution in [1.82, 2.24) is 0 Å². The number of allylic oxidation sites excluding steroid dienone is 1. The van der Waals surface area contributed by atoms with Gasteiger partial charge in [0.2, 0.25) is 0 Å². The van der Waals surface area contributed by atoms with E-state index in [1.807, 2.05) is 0 Å². The Hall–Kier alpha value is -2.62. The van der Waals surface area contributed by atoms with E-state index in [0.717, 1.165) is 12.5 Å². The number of carbonyl (C=O) groups is 1. The molecule has 0 heterocycles. The molecule has 0 fully saturated rings. The molecular formula is C17H13F7N2O4S2. The van der Waals surface area contributed by atoms with Crippen molar-refractivity contribution in [2.45, 2.75) is 17.4 Å². The molecule has 6 nitrogen and oxygen atoms in total. The number of Topliss-reactive ketones (excluding diaryl/α,β-unsaturated/α-hetero) is 1. The lowest BCUT2D eigenvalue weighted by molar-refractivity contribution is -0.332. The molecule has 0 saturated heterocycles. The Morgan fingerprint density at radius 1 is 0.969 bits per heavy atom. The fourth-order valence-electron chi connectivity index (χ4n) is 2.15. The molecule has 15 heteroatoms. The largest absolute Gasteiger partial charge is 0.461 e. The van der Waals surface area contributed by atoms with Gasteiger partial charge < -0.3 is 0 Å². The molecule has 0 N–H and O–H groups in total. The van der Waals surface area contributed by atoms with E-state index in [9.17, 15) is 43.9 Å². The highest BCUT2D eigenvalue weighted by Gasteiger charge is 2.79. The van der Waals surface area contributed by atoms with Crippen LogP contribution in [0.5, 0.6) is 0 Å². The summed E-state index contributed by atoms with van der Waals surface area (Å²) >= 11 is 0. The van der Waals surface area contributed by atoms with Crippen LogP contribution in [-0.4, -0.2) is 49.8 Å². The molecule has 0 radical (unpaired) electrons. The van der Waals surface area contributed by atoms with Gasteiger partial charge >= 0.3 is 27.5 Å². The molecule has 1 aromatic carbocycles. The Bertz CT molecular complexity index is 1080. The van der Waals surface area contributed by atoms with Gasteiger partial charge in [-0.05, 0) is 12.5 Å². The molecule has 0 aliphatic rings. The fraction of sp³-hybridized carbons (Fsp3) is 0.353. The zero-order valence-corrected chi connectivity index (χ0v) is 17.7. The zero-order valence-electron chi connectivity index (χ0n) is 16.1. The average molecular weight is 506 g/mol. The van der Waals surface area contributed by atoms with E-state index in [-0.39, 0.29) is 5.56 Å². The number of carbonyl (C=O) groups excluding carboxylic acids is 1. The molecular weight excluding hydrogens is 493 g/mol. The first-order chi connectivity index (χ1) is 14.3. The SMILES string of the molecule is CS(C)(CC(C(=O)c1ccccc1)=C(C#N)C#N)OS(=O)(=O)C(F)(F)C(F)(F)C(F)(F)F. The minimum Gasteiger partial charge on any atom is -0.289 e. The highest BCUT2D eigenvalue weighted by molar-refractivity contribution is 8.32. The number of hydrogen-bond donors (Lipinski definition) is 0. The molecule has 0 atom stereocenters. The normalized spacial score (nSPS) is 13.6. The molecule has 0 aliphatic heterocycles. The van der Waals surface area contributed by atoms with Gasteiger partial charge in [0.15, 0.2) is 5.78 Å². The van der Waals surface area contributed by atoms with Gasteiger partial charge in [-0.1, -0.05) is 30.3 Å². The van der Waals surface area contributed by atoms with E-state index in [1.165, 1.54) is 42.5 Å². The lowest BCUT2D eigenvalue weighted by Gasteiger charge is -2.34. The number of nitrogens with zero attached hydrogens (tertiary/aromatic N) is 2. The van der Waals surface area contributed by atoms with Crippen LogP contribution in [0.4, 0.5) is 30.7 Å². The van der Waals surface area contributed by atoms with Gasteiger partial charge in [-0.2, -0.15) is 49.7 Å². The molecule has 0 saturated carbocycles. The summed E-state index contributed by atoms with van der Waals surface area (Å²) in [5.74, 6) is -8.99. The second-order valence-electron chi connectivity index (χ2n) is 6.46. The van der Waals surface area contributed by atoms with Crippen LogP contribution in [0.15, 0.2) is 41.5 Å². The Labute approximate surface area is 179 Å². The smallest absolute Gasteiger partial charge is 0.289 e. The molecule has 1 rings (SSSR count). The van der Waals surface area contributed by atoms with Crippen molar-refractivity contribution < 1.29 is 47.6 Å². The van der Waals surface area contributed by atoms with Crippen molar-refractivity contribution in [3.63, 3.8) is 0 Å². The standard InChI is InChI=1S/C17H13F7N2O4S2/c1-31(2,30-32(28,29)17(23,24)15(18,19)16(20,21)22)10-13(12(8-25)9-26)14(27)11-6-4-3-5-7-11/h3-7H,10H2,1-2H3. The van der Waals surface area contributed by atoms with Crippen molar-refractivity contribution in [2.24, 2.45) is 0 Å². The fourth-order valence-corrected chi connectivity index (χ4v) is 6.03. The lowest BCUT2D eigenvalue weighted by atomic mass is 10.0. The van der Waals surface area contributed by atoms with Crippen LogP contribution < -0.4 is 0 Å². The number of ketones is 1. The summed E-state index contributed by atoms with van der Waals surface area (Å²) in [7, 11) is -10.5. The Balaban J connectivity index is 3.43. The summed E-state index contributed by atoms with van der Waals surface area (Å²) in [6, 6.07) is 9.47. The van der Waals surface area contributed by atoms with Gasteiger partial charge in [-0.15, -0.1) is 10.3 Å². The third-order valence-electron chi connectivity index (χ3n) is 3.64. The molecule has 0 bridgehead atoms. The summed E-state index contributed by atoms with van der Waals surface area (Å²) < 4.78 is 118. The van der Waals surface area contributed by atoms with Gasteiger partial charge in [-0.3, -0.25) is 4.79 Å². The maximum atomic E-state index is 13.7. The van der Waals surface area contributed by atoms with Crippen LogP contribution in [0.1, 0.15) is 10.4 Å². The molecule has 0 amide bonds. The lowest BCUT2D eigenvalue weighted by Crippen LogP contribution is -2.56. The number of rotatable bonds is 8. The maximum Gasteiger partial charge on any atom is 0.461 e. The van der Waals surface area contributed by atoms with Gasteiger partial charge in [0.1, 0.15) is 17.7 Å². The van der Waals surface area contributed by atoms with Crippen LogP contribution in [0.3, 0.4) is 0 Å². The van der Waals surface area contributed by atoms with Crippen molar-refractivity contribution in [2.75, 3.05) is 18.3 Å². The van der Waals surface area contributed by atoms with E-state index in [4.69, 9.17) is 10.5 Å².